The zero-order valence-corrected chi connectivity index (χ0v) is 16.5. The van der Waals surface area contributed by atoms with Crippen LogP contribution in [0.5, 0.6) is 0 Å². The van der Waals surface area contributed by atoms with E-state index in [2.05, 4.69) is 19.1 Å². The maximum atomic E-state index is 13.0. The minimum atomic E-state index is -0.0636. The van der Waals surface area contributed by atoms with Crippen LogP contribution in [0, 0.1) is 5.41 Å². The SMILES string of the molecule is CCN1CC2(CCN(C(=O)c3ccccc3)CC2)C[C@@H](c2ccccc2)C1=O. The number of hydrogen-bond acceptors (Lipinski definition) is 2. The van der Waals surface area contributed by atoms with E-state index in [-0.39, 0.29) is 23.1 Å². The van der Waals surface area contributed by atoms with Crippen molar-refractivity contribution < 1.29 is 9.59 Å². The van der Waals surface area contributed by atoms with Crippen molar-refractivity contribution in [2.24, 2.45) is 5.41 Å². The molecule has 2 fully saturated rings. The van der Waals surface area contributed by atoms with Gasteiger partial charge in [-0.3, -0.25) is 9.59 Å². The van der Waals surface area contributed by atoms with Crippen LogP contribution in [0.3, 0.4) is 0 Å². The Morgan fingerprint density at radius 2 is 1.61 bits per heavy atom. The number of benzene rings is 2. The molecule has 0 radical (unpaired) electrons. The molecule has 4 nitrogen and oxygen atoms in total. The van der Waals surface area contributed by atoms with Crippen LogP contribution >= 0.6 is 0 Å². The summed E-state index contributed by atoms with van der Waals surface area (Å²) in [5, 5.41) is 0. The first kappa shape index (κ1) is 18.7. The van der Waals surface area contributed by atoms with Crippen LogP contribution in [0.1, 0.15) is 48.0 Å². The van der Waals surface area contributed by atoms with E-state index in [0.29, 0.717) is 0 Å². The molecule has 0 bridgehead atoms. The van der Waals surface area contributed by atoms with Gasteiger partial charge < -0.3 is 9.80 Å². The Labute approximate surface area is 167 Å². The lowest BCUT2D eigenvalue weighted by Gasteiger charge is -2.49. The van der Waals surface area contributed by atoms with Gasteiger partial charge in [-0.25, -0.2) is 0 Å². The number of carbonyl (C=O) groups is 2. The van der Waals surface area contributed by atoms with E-state index in [1.807, 2.05) is 58.3 Å². The van der Waals surface area contributed by atoms with Crippen LogP contribution in [0.2, 0.25) is 0 Å². The summed E-state index contributed by atoms with van der Waals surface area (Å²) in [6.07, 6.45) is 2.80. The van der Waals surface area contributed by atoms with Crippen molar-refractivity contribution in [3.05, 3.63) is 71.8 Å². The monoisotopic (exact) mass is 376 g/mol. The Kier molecular flexibility index (Phi) is 5.21. The van der Waals surface area contributed by atoms with Gasteiger partial charge in [-0.2, -0.15) is 0 Å². The van der Waals surface area contributed by atoms with Crippen molar-refractivity contribution in [2.45, 2.75) is 32.1 Å². The highest BCUT2D eigenvalue weighted by Gasteiger charge is 2.46. The molecule has 0 unspecified atom stereocenters. The van der Waals surface area contributed by atoms with Crippen LogP contribution in [0.4, 0.5) is 0 Å². The zero-order chi connectivity index (χ0) is 19.6. The van der Waals surface area contributed by atoms with E-state index in [1.165, 1.54) is 0 Å². The highest BCUT2D eigenvalue weighted by atomic mass is 16.2. The van der Waals surface area contributed by atoms with Crippen molar-refractivity contribution in [2.75, 3.05) is 26.2 Å². The summed E-state index contributed by atoms with van der Waals surface area (Å²) < 4.78 is 0. The molecule has 2 aromatic carbocycles. The molecule has 4 heteroatoms. The topological polar surface area (TPSA) is 40.6 Å². The minimum absolute atomic E-state index is 0.0636. The molecule has 2 aromatic rings. The summed E-state index contributed by atoms with van der Waals surface area (Å²) in [6.45, 7) is 5.16. The highest BCUT2D eigenvalue weighted by Crippen LogP contribution is 2.45. The van der Waals surface area contributed by atoms with Gasteiger partial charge in [0.15, 0.2) is 0 Å². The second-order valence-electron chi connectivity index (χ2n) is 8.18. The van der Waals surface area contributed by atoms with Crippen molar-refractivity contribution >= 4 is 11.8 Å². The molecule has 2 saturated heterocycles. The second kappa shape index (κ2) is 7.78. The van der Waals surface area contributed by atoms with Crippen LogP contribution in [0.15, 0.2) is 60.7 Å². The summed E-state index contributed by atoms with van der Waals surface area (Å²) in [7, 11) is 0. The third kappa shape index (κ3) is 3.56. The Hall–Kier alpha value is -2.62. The summed E-state index contributed by atoms with van der Waals surface area (Å²) in [4.78, 5) is 29.8. The number of carbonyl (C=O) groups excluding carboxylic acids is 2. The van der Waals surface area contributed by atoms with Gasteiger partial charge in [0.25, 0.3) is 5.91 Å². The molecule has 4 rings (SSSR count). The lowest BCUT2D eigenvalue weighted by molar-refractivity contribution is -0.141. The number of amides is 2. The van der Waals surface area contributed by atoms with Crippen molar-refractivity contribution in [1.82, 2.24) is 9.80 Å². The number of rotatable bonds is 3. The first-order valence-corrected chi connectivity index (χ1v) is 10.3. The van der Waals surface area contributed by atoms with E-state index in [4.69, 9.17) is 0 Å². The Bertz CT molecular complexity index is 826. The molecule has 2 aliphatic heterocycles. The normalized spacial score (nSPS) is 21.8. The van der Waals surface area contributed by atoms with Gasteiger partial charge in [-0.05, 0) is 49.3 Å². The van der Waals surface area contributed by atoms with Crippen LogP contribution in [0.25, 0.3) is 0 Å². The molecule has 146 valence electrons. The Morgan fingerprint density at radius 1 is 1.00 bits per heavy atom. The maximum absolute atomic E-state index is 13.0. The van der Waals surface area contributed by atoms with Gasteiger partial charge in [-0.15, -0.1) is 0 Å². The lowest BCUT2D eigenvalue weighted by atomic mass is 9.67. The quantitative estimate of drug-likeness (QED) is 0.814. The van der Waals surface area contributed by atoms with E-state index >= 15 is 0 Å². The molecule has 0 aromatic heterocycles. The van der Waals surface area contributed by atoms with Gasteiger partial charge >= 0.3 is 0 Å². The van der Waals surface area contributed by atoms with Gasteiger partial charge in [0.05, 0.1) is 5.92 Å². The third-order valence-electron chi connectivity index (χ3n) is 6.49. The number of hydrogen-bond donors (Lipinski definition) is 0. The average Bonchev–Trinajstić information content (AvgIpc) is 2.76. The summed E-state index contributed by atoms with van der Waals surface area (Å²) in [6, 6.07) is 19.7. The van der Waals surface area contributed by atoms with Gasteiger partial charge in [0, 0.05) is 31.7 Å². The van der Waals surface area contributed by atoms with E-state index < -0.39 is 0 Å². The predicted molar refractivity (Wildman–Crippen MR) is 110 cm³/mol. The number of likely N-dealkylation sites (N-methyl/N-ethyl adjacent to an activating group) is 1. The molecular weight excluding hydrogens is 348 g/mol. The smallest absolute Gasteiger partial charge is 0.253 e. The minimum Gasteiger partial charge on any atom is -0.342 e. The number of nitrogens with zero attached hydrogens (tertiary/aromatic N) is 2. The molecule has 0 aliphatic carbocycles. The molecule has 28 heavy (non-hydrogen) atoms. The van der Waals surface area contributed by atoms with Gasteiger partial charge in [0.1, 0.15) is 0 Å². The molecule has 2 aliphatic rings. The molecule has 2 heterocycles. The number of piperidine rings is 2. The van der Waals surface area contributed by atoms with Crippen molar-refractivity contribution in [1.29, 1.82) is 0 Å². The molecule has 1 spiro atoms. The van der Waals surface area contributed by atoms with Crippen LogP contribution < -0.4 is 0 Å². The summed E-state index contributed by atoms with van der Waals surface area (Å²) >= 11 is 0. The average molecular weight is 377 g/mol. The first-order chi connectivity index (χ1) is 13.6. The fraction of sp³-hybridized carbons (Fsp3) is 0.417. The fourth-order valence-corrected chi connectivity index (χ4v) is 4.81. The first-order valence-electron chi connectivity index (χ1n) is 10.3. The standard InChI is InChI=1S/C24H28N2O2/c1-2-25-18-24(17-21(23(25)28)19-9-5-3-6-10-19)13-15-26(16-14-24)22(27)20-11-7-4-8-12-20/h3-12,21H,2,13-18H2,1H3/t21-/m0/s1. The molecule has 0 saturated carbocycles. The predicted octanol–water partition coefficient (Wildman–Crippen LogP) is 3.95. The second-order valence-corrected chi connectivity index (χ2v) is 8.18. The lowest BCUT2D eigenvalue weighted by Crippen LogP contribution is -2.54. The molecular formula is C24H28N2O2. The summed E-state index contributed by atoms with van der Waals surface area (Å²) in [5.41, 5.74) is 1.99. The van der Waals surface area contributed by atoms with Crippen molar-refractivity contribution in [3.8, 4) is 0 Å². The van der Waals surface area contributed by atoms with E-state index in [1.54, 1.807) is 0 Å². The van der Waals surface area contributed by atoms with Crippen molar-refractivity contribution in [3.63, 3.8) is 0 Å². The molecule has 0 N–H and O–H groups in total. The van der Waals surface area contributed by atoms with E-state index in [9.17, 15) is 9.59 Å². The van der Waals surface area contributed by atoms with Crippen LogP contribution in [-0.2, 0) is 4.79 Å². The van der Waals surface area contributed by atoms with Crippen LogP contribution in [-0.4, -0.2) is 47.8 Å². The maximum Gasteiger partial charge on any atom is 0.253 e. The van der Waals surface area contributed by atoms with Gasteiger partial charge in [0.2, 0.25) is 5.91 Å². The zero-order valence-electron chi connectivity index (χ0n) is 16.5. The fourth-order valence-electron chi connectivity index (χ4n) is 4.81. The largest absolute Gasteiger partial charge is 0.342 e. The number of likely N-dealkylation sites (tertiary alicyclic amines) is 2. The van der Waals surface area contributed by atoms with Gasteiger partial charge in [-0.1, -0.05) is 48.5 Å². The van der Waals surface area contributed by atoms with E-state index in [0.717, 1.165) is 56.6 Å². The Balaban J connectivity index is 1.50. The summed E-state index contributed by atoms with van der Waals surface area (Å²) in [5.74, 6) is 0.308. The third-order valence-corrected chi connectivity index (χ3v) is 6.49. The molecule has 2 amide bonds. The molecule has 1 atom stereocenters. The highest BCUT2D eigenvalue weighted by molar-refractivity contribution is 5.94. The Morgan fingerprint density at radius 3 is 2.21 bits per heavy atom.